The van der Waals surface area contributed by atoms with E-state index in [9.17, 15) is 13.2 Å². The van der Waals surface area contributed by atoms with Crippen LogP contribution in [0.1, 0.15) is 4.88 Å². The van der Waals surface area contributed by atoms with Crippen LogP contribution in [-0.4, -0.2) is 55.9 Å². The number of carbonyl (C=O) groups excluding carboxylic acids is 1. The number of hydrogen-bond acceptors (Lipinski definition) is 5. The summed E-state index contributed by atoms with van der Waals surface area (Å²) in [7, 11) is -3.15. The minimum atomic E-state index is -3.15. The van der Waals surface area contributed by atoms with Crippen molar-refractivity contribution < 1.29 is 13.2 Å². The average molecular weight is 455 g/mol. The Morgan fingerprint density at radius 3 is 2.54 bits per heavy atom. The number of anilines is 1. The molecule has 138 valence electrons. The average Bonchev–Trinajstić information content (AvgIpc) is 3.20. The van der Waals surface area contributed by atoms with Gasteiger partial charge in [-0.1, -0.05) is 22.0 Å². The smallest absolute Gasteiger partial charge is 0.241 e. The second-order valence-electron chi connectivity index (χ2n) is 6.75. The Morgan fingerprint density at radius 2 is 1.85 bits per heavy atom. The first-order valence-corrected chi connectivity index (χ1v) is 12.0. The fraction of sp³-hybridized carbons (Fsp3) is 0.389. The van der Waals surface area contributed by atoms with Gasteiger partial charge < -0.3 is 4.90 Å². The van der Waals surface area contributed by atoms with Gasteiger partial charge in [-0.05, 0) is 42.1 Å². The van der Waals surface area contributed by atoms with Crippen molar-refractivity contribution in [3.05, 3.63) is 51.1 Å². The number of carbonyl (C=O) groups is 1. The molecule has 2 aliphatic heterocycles. The largest absolute Gasteiger partial charge is 0.306 e. The number of halogens is 1. The Kier molecular flexibility index (Phi) is 4.94. The number of benzene rings is 1. The second kappa shape index (κ2) is 7.07. The first-order chi connectivity index (χ1) is 12.4. The van der Waals surface area contributed by atoms with E-state index in [-0.39, 0.29) is 36.0 Å². The molecule has 2 fully saturated rings. The molecule has 2 atom stereocenters. The Labute approximate surface area is 165 Å². The molecule has 0 saturated carbocycles. The van der Waals surface area contributed by atoms with Crippen LogP contribution in [0.15, 0.2) is 46.3 Å². The van der Waals surface area contributed by atoms with Gasteiger partial charge in [-0.15, -0.1) is 11.3 Å². The van der Waals surface area contributed by atoms with Crippen molar-refractivity contribution in [1.82, 2.24) is 4.90 Å². The molecule has 8 heteroatoms. The Bertz CT molecular complexity index is 897. The predicted octanol–water partition coefficient (Wildman–Crippen LogP) is 2.57. The topological polar surface area (TPSA) is 57.7 Å². The van der Waals surface area contributed by atoms with E-state index in [0.717, 1.165) is 16.6 Å². The molecule has 2 aromatic rings. The van der Waals surface area contributed by atoms with Crippen molar-refractivity contribution in [2.45, 2.75) is 18.5 Å². The summed E-state index contributed by atoms with van der Waals surface area (Å²) in [5.41, 5.74) is 0.767. The summed E-state index contributed by atoms with van der Waals surface area (Å²) in [6.07, 6.45) is 0.840. The lowest BCUT2D eigenvalue weighted by atomic mass is 10.0. The molecular weight excluding hydrogens is 436 g/mol. The van der Waals surface area contributed by atoms with Gasteiger partial charge in [-0.3, -0.25) is 9.69 Å². The maximum Gasteiger partial charge on any atom is 0.241 e. The first-order valence-electron chi connectivity index (χ1n) is 8.47. The molecular formula is C18H19BrN2O3S2. The molecule has 26 heavy (non-hydrogen) atoms. The zero-order valence-electron chi connectivity index (χ0n) is 14.0. The Morgan fingerprint density at radius 1 is 1.12 bits per heavy atom. The van der Waals surface area contributed by atoms with Crippen molar-refractivity contribution in [2.24, 2.45) is 0 Å². The lowest BCUT2D eigenvalue weighted by molar-refractivity contribution is -0.123. The molecule has 2 aliphatic rings. The van der Waals surface area contributed by atoms with Crippen LogP contribution in [0.5, 0.6) is 0 Å². The summed E-state index contributed by atoms with van der Waals surface area (Å²) >= 11 is 5.09. The maximum absolute atomic E-state index is 12.9. The molecule has 0 N–H and O–H groups in total. The molecule has 2 unspecified atom stereocenters. The number of nitrogens with zero attached hydrogens (tertiary/aromatic N) is 2. The van der Waals surface area contributed by atoms with Crippen LogP contribution in [0.25, 0.3) is 0 Å². The molecule has 1 aromatic heterocycles. The quantitative estimate of drug-likeness (QED) is 0.711. The number of piperazine rings is 1. The predicted molar refractivity (Wildman–Crippen MR) is 107 cm³/mol. The van der Waals surface area contributed by atoms with Crippen molar-refractivity contribution in [1.29, 1.82) is 0 Å². The van der Waals surface area contributed by atoms with E-state index in [1.54, 1.807) is 16.2 Å². The van der Waals surface area contributed by atoms with E-state index in [1.807, 2.05) is 35.7 Å². The molecule has 0 bridgehead atoms. The van der Waals surface area contributed by atoms with Crippen LogP contribution in [0.3, 0.4) is 0 Å². The van der Waals surface area contributed by atoms with E-state index < -0.39 is 9.84 Å². The molecule has 4 rings (SSSR count). The van der Waals surface area contributed by atoms with Gasteiger partial charge in [0.1, 0.15) is 0 Å². The normalized spacial score (nSPS) is 25.4. The summed E-state index contributed by atoms with van der Waals surface area (Å²) < 4.78 is 25.6. The zero-order valence-corrected chi connectivity index (χ0v) is 17.3. The molecule has 3 heterocycles. The minimum Gasteiger partial charge on any atom is -0.306 e. The van der Waals surface area contributed by atoms with E-state index in [4.69, 9.17) is 0 Å². The third kappa shape index (κ3) is 3.60. The van der Waals surface area contributed by atoms with Crippen molar-refractivity contribution in [2.75, 3.05) is 29.5 Å². The first kappa shape index (κ1) is 18.2. The van der Waals surface area contributed by atoms with E-state index in [2.05, 4.69) is 26.9 Å². The Balaban J connectivity index is 1.60. The molecule has 1 aromatic carbocycles. The van der Waals surface area contributed by atoms with Crippen molar-refractivity contribution in [3.8, 4) is 0 Å². The summed E-state index contributed by atoms with van der Waals surface area (Å²) in [5, 5.41) is 2.04. The highest BCUT2D eigenvalue weighted by molar-refractivity contribution is 9.10. The summed E-state index contributed by atoms with van der Waals surface area (Å²) in [5.74, 6) is 0.133. The fourth-order valence-corrected chi connectivity index (χ4v) is 6.79. The lowest BCUT2D eigenvalue weighted by Gasteiger charge is -2.43. The number of sulfone groups is 1. The maximum atomic E-state index is 12.9. The zero-order chi connectivity index (χ0) is 18.3. The molecule has 2 saturated heterocycles. The van der Waals surface area contributed by atoms with Gasteiger partial charge in [-0.25, -0.2) is 8.42 Å². The number of amides is 1. The van der Waals surface area contributed by atoms with Crippen LogP contribution >= 0.6 is 27.3 Å². The van der Waals surface area contributed by atoms with Crippen LogP contribution in [0.4, 0.5) is 5.69 Å². The summed E-state index contributed by atoms with van der Waals surface area (Å²) in [6, 6.07) is 11.1. The SMILES string of the molecule is O=C1CN(CCc2cccs2)C2CS(=O)(=O)CC2N1c1ccc(Br)cc1. The number of fused-ring (bicyclic) bond motifs is 1. The van der Waals surface area contributed by atoms with Crippen molar-refractivity contribution >= 4 is 48.7 Å². The lowest BCUT2D eigenvalue weighted by Crippen LogP contribution is -2.62. The van der Waals surface area contributed by atoms with E-state index >= 15 is 0 Å². The third-order valence-electron chi connectivity index (χ3n) is 5.03. The van der Waals surface area contributed by atoms with Crippen LogP contribution in [-0.2, 0) is 21.1 Å². The van der Waals surface area contributed by atoms with Crippen LogP contribution in [0.2, 0.25) is 0 Å². The van der Waals surface area contributed by atoms with Gasteiger partial charge in [0.25, 0.3) is 0 Å². The monoisotopic (exact) mass is 454 g/mol. The number of thiophene rings is 1. The van der Waals surface area contributed by atoms with Gasteiger partial charge in [0.05, 0.1) is 24.1 Å². The van der Waals surface area contributed by atoms with E-state index in [0.29, 0.717) is 6.54 Å². The van der Waals surface area contributed by atoms with Crippen LogP contribution in [0, 0.1) is 0 Å². The minimum absolute atomic E-state index is 0.0307. The third-order valence-corrected chi connectivity index (χ3v) is 8.20. The van der Waals surface area contributed by atoms with Gasteiger partial charge in [-0.2, -0.15) is 0 Å². The highest BCUT2D eigenvalue weighted by Crippen LogP contribution is 2.32. The summed E-state index contributed by atoms with van der Waals surface area (Å²) in [4.78, 5) is 17.9. The number of hydrogen-bond donors (Lipinski definition) is 0. The van der Waals surface area contributed by atoms with Crippen molar-refractivity contribution in [3.63, 3.8) is 0 Å². The Hall–Kier alpha value is -1.22. The molecule has 5 nitrogen and oxygen atoms in total. The second-order valence-corrected chi connectivity index (χ2v) is 10.9. The molecule has 1 amide bonds. The van der Waals surface area contributed by atoms with E-state index in [1.165, 1.54) is 4.88 Å². The molecule has 0 aliphatic carbocycles. The van der Waals surface area contributed by atoms with Gasteiger partial charge in [0.2, 0.25) is 5.91 Å². The van der Waals surface area contributed by atoms with Gasteiger partial charge >= 0.3 is 0 Å². The highest BCUT2D eigenvalue weighted by Gasteiger charge is 2.49. The number of rotatable bonds is 4. The molecule has 0 spiro atoms. The van der Waals surface area contributed by atoms with Crippen LogP contribution < -0.4 is 4.90 Å². The molecule has 0 radical (unpaired) electrons. The summed E-state index contributed by atoms with van der Waals surface area (Å²) in [6.45, 7) is 0.968. The highest BCUT2D eigenvalue weighted by atomic mass is 79.9. The standard InChI is InChI=1S/C18H19BrN2O3S2/c19-13-3-5-14(6-4-13)21-17-12-26(23,24)11-16(17)20(10-18(21)22)8-7-15-2-1-9-25-15/h1-6,9,16-17H,7-8,10-12H2. The fourth-order valence-electron chi connectivity index (χ4n) is 3.85. The van der Waals surface area contributed by atoms with Gasteiger partial charge in [0.15, 0.2) is 9.84 Å². The van der Waals surface area contributed by atoms with Gasteiger partial charge in [0, 0.05) is 27.6 Å².